The van der Waals surface area contributed by atoms with Crippen LogP contribution < -0.4 is 4.90 Å². The third-order valence-corrected chi connectivity index (χ3v) is 4.96. The molecule has 0 aliphatic carbocycles. The summed E-state index contributed by atoms with van der Waals surface area (Å²) in [6, 6.07) is 12.5. The van der Waals surface area contributed by atoms with Gasteiger partial charge in [-0.15, -0.1) is 5.10 Å². The van der Waals surface area contributed by atoms with Gasteiger partial charge in [0.1, 0.15) is 5.78 Å². The number of hydrogen-bond donors (Lipinski definition) is 0. The Hall–Kier alpha value is -2.23. The number of Topliss-reactive ketones (excluding diaryl/α,β-unsaturated/α-hetero) is 1. The number of ketones is 1. The quantitative estimate of drug-likeness (QED) is 0.801. The Morgan fingerprint density at radius 3 is 2.56 bits per heavy atom. The van der Waals surface area contributed by atoms with Gasteiger partial charge in [-0.2, -0.15) is 5.10 Å². The van der Waals surface area contributed by atoms with Crippen molar-refractivity contribution in [1.29, 1.82) is 0 Å². The van der Waals surface area contributed by atoms with Gasteiger partial charge >= 0.3 is 0 Å². The van der Waals surface area contributed by atoms with Crippen molar-refractivity contribution < 1.29 is 4.79 Å². The van der Waals surface area contributed by atoms with Crippen molar-refractivity contribution in [3.63, 3.8) is 0 Å². The lowest BCUT2D eigenvalue weighted by Gasteiger charge is -2.16. The third kappa shape index (κ3) is 4.65. The SMILES string of the molecule is Cc1ccc(N2CC[C@@H](CC(=O)Cc3ccc(C(C)C)cc3)C2)nn1. The van der Waals surface area contributed by atoms with Crippen molar-refractivity contribution in [1.82, 2.24) is 10.2 Å². The summed E-state index contributed by atoms with van der Waals surface area (Å²) in [4.78, 5) is 14.7. The minimum atomic E-state index is 0.333. The van der Waals surface area contributed by atoms with E-state index in [2.05, 4.69) is 53.2 Å². The van der Waals surface area contributed by atoms with Crippen LogP contribution in [-0.2, 0) is 11.2 Å². The smallest absolute Gasteiger partial charge is 0.151 e. The van der Waals surface area contributed by atoms with Gasteiger partial charge in [0.25, 0.3) is 0 Å². The number of rotatable bonds is 6. The predicted octanol–water partition coefficient (Wildman–Crippen LogP) is 3.94. The molecule has 1 aliphatic heterocycles. The van der Waals surface area contributed by atoms with Gasteiger partial charge in [-0.3, -0.25) is 4.79 Å². The van der Waals surface area contributed by atoms with E-state index in [0.717, 1.165) is 36.6 Å². The van der Waals surface area contributed by atoms with Crippen LogP contribution >= 0.6 is 0 Å². The summed E-state index contributed by atoms with van der Waals surface area (Å²) in [7, 11) is 0. The highest BCUT2D eigenvalue weighted by atomic mass is 16.1. The Labute approximate surface area is 150 Å². The van der Waals surface area contributed by atoms with E-state index in [1.165, 1.54) is 5.56 Å². The molecule has 0 radical (unpaired) electrons. The van der Waals surface area contributed by atoms with Crippen LogP contribution in [0.1, 0.15) is 49.4 Å². The number of hydrogen-bond acceptors (Lipinski definition) is 4. The first-order chi connectivity index (χ1) is 12.0. The molecule has 2 heterocycles. The van der Waals surface area contributed by atoms with E-state index in [4.69, 9.17) is 0 Å². The molecule has 1 fully saturated rings. The Balaban J connectivity index is 1.51. The van der Waals surface area contributed by atoms with E-state index < -0.39 is 0 Å². The van der Waals surface area contributed by atoms with Crippen molar-refractivity contribution in [2.24, 2.45) is 5.92 Å². The molecule has 0 bridgehead atoms. The Morgan fingerprint density at radius 1 is 1.16 bits per heavy atom. The molecule has 3 rings (SSSR count). The fourth-order valence-corrected chi connectivity index (χ4v) is 3.41. The highest BCUT2D eigenvalue weighted by Gasteiger charge is 2.25. The Kier molecular flexibility index (Phi) is 5.47. The van der Waals surface area contributed by atoms with Crippen molar-refractivity contribution in [3.8, 4) is 0 Å². The molecule has 2 aromatic rings. The van der Waals surface area contributed by atoms with Crippen LogP contribution in [0.4, 0.5) is 5.82 Å². The second-order valence-corrected chi connectivity index (χ2v) is 7.45. The summed E-state index contributed by atoms with van der Waals surface area (Å²) >= 11 is 0. The molecule has 1 aliphatic rings. The number of carbonyl (C=O) groups is 1. The van der Waals surface area contributed by atoms with Crippen molar-refractivity contribution in [2.45, 2.75) is 46.0 Å². The van der Waals surface area contributed by atoms with Gasteiger partial charge in [0.15, 0.2) is 5.82 Å². The number of nitrogens with zero attached hydrogens (tertiary/aromatic N) is 3. The molecule has 25 heavy (non-hydrogen) atoms. The van der Waals surface area contributed by atoms with Crippen LogP contribution in [-0.4, -0.2) is 29.1 Å². The molecule has 132 valence electrons. The molecule has 4 nitrogen and oxygen atoms in total. The van der Waals surface area contributed by atoms with Gasteiger partial charge in [-0.25, -0.2) is 0 Å². The van der Waals surface area contributed by atoms with Crippen LogP contribution in [0.2, 0.25) is 0 Å². The lowest BCUT2D eigenvalue weighted by atomic mass is 9.96. The van der Waals surface area contributed by atoms with Gasteiger partial charge in [0, 0.05) is 25.9 Å². The molecule has 1 saturated heterocycles. The van der Waals surface area contributed by atoms with E-state index in [1.54, 1.807) is 0 Å². The van der Waals surface area contributed by atoms with Crippen LogP contribution in [0.25, 0.3) is 0 Å². The predicted molar refractivity (Wildman–Crippen MR) is 101 cm³/mol. The molecule has 0 amide bonds. The van der Waals surface area contributed by atoms with Crippen LogP contribution in [0.15, 0.2) is 36.4 Å². The number of benzene rings is 1. The second kappa shape index (κ2) is 7.77. The van der Waals surface area contributed by atoms with Crippen molar-refractivity contribution in [2.75, 3.05) is 18.0 Å². The molecule has 1 atom stereocenters. The standard InChI is InChI=1S/C21H27N3O/c1-15(2)19-7-5-17(6-8-19)12-20(25)13-18-10-11-24(14-18)21-9-4-16(3)22-23-21/h4-9,15,18H,10-14H2,1-3H3/t18-/m0/s1. The molecular formula is C21H27N3O. The topological polar surface area (TPSA) is 46.1 Å². The van der Waals surface area contributed by atoms with Crippen LogP contribution in [0.3, 0.4) is 0 Å². The first-order valence-corrected chi connectivity index (χ1v) is 9.17. The molecule has 4 heteroatoms. The van der Waals surface area contributed by atoms with E-state index >= 15 is 0 Å². The summed E-state index contributed by atoms with van der Waals surface area (Å²) < 4.78 is 0. The van der Waals surface area contributed by atoms with Gasteiger partial charge in [-0.05, 0) is 48.4 Å². The van der Waals surface area contributed by atoms with Gasteiger partial charge < -0.3 is 4.90 Å². The van der Waals surface area contributed by atoms with Crippen LogP contribution in [0, 0.1) is 12.8 Å². The minimum absolute atomic E-state index is 0.333. The average Bonchev–Trinajstić information content (AvgIpc) is 3.04. The van der Waals surface area contributed by atoms with Gasteiger partial charge in [-0.1, -0.05) is 38.1 Å². The number of carbonyl (C=O) groups excluding carboxylic acids is 1. The molecule has 1 aromatic heterocycles. The van der Waals surface area contributed by atoms with Gasteiger partial charge in [0.05, 0.1) is 5.69 Å². The highest BCUT2D eigenvalue weighted by molar-refractivity contribution is 5.81. The van der Waals surface area contributed by atoms with Gasteiger partial charge in [0.2, 0.25) is 0 Å². The Morgan fingerprint density at radius 2 is 1.92 bits per heavy atom. The average molecular weight is 337 g/mol. The fourth-order valence-electron chi connectivity index (χ4n) is 3.41. The largest absolute Gasteiger partial charge is 0.355 e. The van der Waals surface area contributed by atoms with E-state index in [0.29, 0.717) is 30.5 Å². The number of anilines is 1. The molecule has 0 N–H and O–H groups in total. The zero-order valence-corrected chi connectivity index (χ0v) is 15.4. The first kappa shape index (κ1) is 17.6. The first-order valence-electron chi connectivity index (χ1n) is 9.17. The fraction of sp³-hybridized carbons (Fsp3) is 0.476. The lowest BCUT2D eigenvalue weighted by molar-refractivity contribution is -0.119. The van der Waals surface area contributed by atoms with E-state index in [-0.39, 0.29) is 0 Å². The summed E-state index contributed by atoms with van der Waals surface area (Å²) in [5.74, 6) is 2.20. The summed E-state index contributed by atoms with van der Waals surface area (Å²) in [5, 5.41) is 8.38. The molecule has 1 aromatic carbocycles. The summed E-state index contributed by atoms with van der Waals surface area (Å²) in [5.41, 5.74) is 3.37. The minimum Gasteiger partial charge on any atom is -0.355 e. The zero-order chi connectivity index (χ0) is 17.8. The molecule has 0 unspecified atom stereocenters. The third-order valence-electron chi connectivity index (χ3n) is 4.96. The molecule has 0 spiro atoms. The lowest BCUT2D eigenvalue weighted by Crippen LogP contribution is -2.22. The maximum absolute atomic E-state index is 12.4. The molecule has 0 saturated carbocycles. The monoisotopic (exact) mass is 337 g/mol. The molecular weight excluding hydrogens is 310 g/mol. The van der Waals surface area contributed by atoms with Crippen molar-refractivity contribution in [3.05, 3.63) is 53.2 Å². The maximum Gasteiger partial charge on any atom is 0.151 e. The van der Waals surface area contributed by atoms with E-state index in [9.17, 15) is 4.79 Å². The van der Waals surface area contributed by atoms with Crippen LogP contribution in [0.5, 0.6) is 0 Å². The number of aromatic nitrogens is 2. The zero-order valence-electron chi connectivity index (χ0n) is 15.4. The second-order valence-electron chi connectivity index (χ2n) is 7.45. The van der Waals surface area contributed by atoms with Crippen molar-refractivity contribution >= 4 is 11.6 Å². The summed E-state index contributed by atoms with van der Waals surface area (Å²) in [6.07, 6.45) is 2.24. The normalized spacial score (nSPS) is 17.3. The van der Waals surface area contributed by atoms with E-state index in [1.807, 2.05) is 19.1 Å². The Bertz CT molecular complexity index is 707. The maximum atomic E-state index is 12.4. The number of aryl methyl sites for hydroxylation is 1. The highest BCUT2D eigenvalue weighted by Crippen LogP contribution is 2.25. The summed E-state index contributed by atoms with van der Waals surface area (Å²) in [6.45, 7) is 8.17.